The van der Waals surface area contributed by atoms with Crippen molar-refractivity contribution in [3.63, 3.8) is 0 Å². The molecule has 0 saturated carbocycles. The number of nitrogens with one attached hydrogen (secondary N) is 2. The number of nitrogens with zero attached hydrogens (tertiary/aromatic N) is 1. The predicted octanol–water partition coefficient (Wildman–Crippen LogP) is 4.91. The Morgan fingerprint density at radius 1 is 0.889 bits per heavy atom. The van der Waals surface area contributed by atoms with Crippen LogP contribution in [0.2, 0.25) is 0 Å². The van der Waals surface area contributed by atoms with Gasteiger partial charge < -0.3 is 19.7 Å². The van der Waals surface area contributed by atoms with Crippen molar-refractivity contribution in [1.82, 2.24) is 15.2 Å². The van der Waals surface area contributed by atoms with E-state index in [2.05, 4.69) is 34.9 Å². The maximum Gasteiger partial charge on any atom is 0.322 e. The number of ether oxygens (including phenoxy) is 1. The van der Waals surface area contributed by atoms with Crippen LogP contribution < -0.4 is 15.4 Å². The molecule has 1 aromatic heterocycles. The van der Waals surface area contributed by atoms with Crippen LogP contribution in [0.1, 0.15) is 5.56 Å². The van der Waals surface area contributed by atoms with E-state index in [0.717, 1.165) is 27.3 Å². The average Bonchev–Trinajstić information content (AvgIpc) is 3.38. The molecule has 1 atom stereocenters. The van der Waals surface area contributed by atoms with Crippen LogP contribution in [0.3, 0.4) is 0 Å². The van der Waals surface area contributed by atoms with Gasteiger partial charge in [0, 0.05) is 17.0 Å². The molecule has 0 spiro atoms. The Labute approximate surface area is 206 Å². The number of hydrogen-bond acceptors (Lipinski definition) is 4. The molecule has 36 heavy (non-hydrogen) atoms. The van der Waals surface area contributed by atoms with Crippen LogP contribution in [0.4, 0.5) is 4.79 Å². The molecular formula is C29H23N3O4. The average molecular weight is 478 g/mol. The van der Waals surface area contributed by atoms with Gasteiger partial charge in [-0.15, -0.1) is 0 Å². The van der Waals surface area contributed by atoms with Gasteiger partial charge in [0.2, 0.25) is 0 Å². The molecule has 178 valence electrons. The summed E-state index contributed by atoms with van der Waals surface area (Å²) in [7, 11) is 1.56. The highest BCUT2D eigenvalue weighted by atomic mass is 16.5. The summed E-state index contributed by atoms with van der Waals surface area (Å²) in [5, 5.41) is 19.8. The van der Waals surface area contributed by atoms with Crippen LogP contribution >= 0.6 is 0 Å². The van der Waals surface area contributed by atoms with Crippen molar-refractivity contribution in [3.8, 4) is 22.8 Å². The summed E-state index contributed by atoms with van der Waals surface area (Å²) in [5.74, 6) is 0.131. The molecule has 3 N–H and O–H groups in total. The predicted molar refractivity (Wildman–Crippen MR) is 138 cm³/mol. The Morgan fingerprint density at radius 3 is 2.42 bits per heavy atom. The molecule has 7 heteroatoms. The maximum absolute atomic E-state index is 13.2. The number of carbonyl (C=O) groups is 2. The molecule has 0 radical (unpaired) electrons. The number of carbonyl (C=O) groups excluding carboxylic acids is 2. The summed E-state index contributed by atoms with van der Waals surface area (Å²) >= 11 is 0. The lowest BCUT2D eigenvalue weighted by Gasteiger charge is -2.27. The first-order valence-corrected chi connectivity index (χ1v) is 11.6. The molecule has 2 heterocycles. The molecule has 4 aromatic carbocycles. The normalized spacial score (nSPS) is 17.4. The van der Waals surface area contributed by atoms with E-state index in [1.54, 1.807) is 30.0 Å². The molecule has 1 fully saturated rings. The van der Waals surface area contributed by atoms with E-state index in [-0.39, 0.29) is 12.4 Å². The fourth-order valence-corrected chi connectivity index (χ4v) is 5.04. The van der Waals surface area contributed by atoms with Crippen LogP contribution in [-0.4, -0.2) is 28.7 Å². The second kappa shape index (κ2) is 8.16. The first-order chi connectivity index (χ1) is 17.5. The highest BCUT2D eigenvalue weighted by molar-refractivity contribution is 6.07. The first-order valence-electron chi connectivity index (χ1n) is 11.6. The molecule has 1 saturated heterocycles. The van der Waals surface area contributed by atoms with E-state index in [1.807, 2.05) is 48.5 Å². The van der Waals surface area contributed by atoms with Crippen molar-refractivity contribution in [1.29, 1.82) is 0 Å². The van der Waals surface area contributed by atoms with Gasteiger partial charge in [-0.3, -0.25) is 10.1 Å². The number of methoxy groups -OCH3 is 1. The van der Waals surface area contributed by atoms with Crippen molar-refractivity contribution >= 4 is 33.5 Å². The molecular weight excluding hydrogens is 454 g/mol. The zero-order valence-electron chi connectivity index (χ0n) is 19.5. The van der Waals surface area contributed by atoms with Crippen molar-refractivity contribution in [3.05, 3.63) is 96.7 Å². The Bertz CT molecular complexity index is 1650. The summed E-state index contributed by atoms with van der Waals surface area (Å²) in [6.07, 6.45) is 1.76. The van der Waals surface area contributed by atoms with E-state index in [1.165, 1.54) is 0 Å². The number of aromatic nitrogens is 1. The SMILES string of the molecule is COc1ccc2cn(C[C@@]3(c4ccc(-c5cccc6ccccc56)cc4)NC(=O)NC3=O)c(O)c2c1. The quantitative estimate of drug-likeness (QED) is 0.314. The zero-order chi connectivity index (χ0) is 24.9. The van der Waals surface area contributed by atoms with Crippen molar-refractivity contribution in [2.75, 3.05) is 7.11 Å². The Morgan fingerprint density at radius 2 is 1.67 bits per heavy atom. The van der Waals surface area contributed by atoms with Gasteiger partial charge in [-0.25, -0.2) is 4.79 Å². The summed E-state index contributed by atoms with van der Waals surface area (Å²) < 4.78 is 6.85. The monoisotopic (exact) mass is 477 g/mol. The molecule has 6 rings (SSSR count). The number of urea groups is 1. The van der Waals surface area contributed by atoms with E-state index >= 15 is 0 Å². The van der Waals surface area contributed by atoms with Crippen molar-refractivity contribution < 1.29 is 19.4 Å². The van der Waals surface area contributed by atoms with Gasteiger partial charge in [-0.05, 0) is 45.7 Å². The van der Waals surface area contributed by atoms with Crippen LogP contribution in [0.25, 0.3) is 32.7 Å². The lowest BCUT2D eigenvalue weighted by Crippen LogP contribution is -2.47. The van der Waals surface area contributed by atoms with Gasteiger partial charge >= 0.3 is 6.03 Å². The second-order valence-electron chi connectivity index (χ2n) is 8.95. The number of hydrogen-bond donors (Lipinski definition) is 3. The molecule has 7 nitrogen and oxygen atoms in total. The van der Waals surface area contributed by atoms with E-state index < -0.39 is 17.5 Å². The highest BCUT2D eigenvalue weighted by Gasteiger charge is 2.48. The lowest BCUT2D eigenvalue weighted by molar-refractivity contribution is -0.124. The van der Waals surface area contributed by atoms with Crippen LogP contribution in [-0.2, 0) is 16.9 Å². The summed E-state index contributed by atoms with van der Waals surface area (Å²) in [6.45, 7) is 0.0149. The molecule has 5 aromatic rings. The van der Waals surface area contributed by atoms with E-state index in [0.29, 0.717) is 16.7 Å². The summed E-state index contributed by atoms with van der Waals surface area (Å²) in [6, 6.07) is 26.7. The topological polar surface area (TPSA) is 92.6 Å². The fraction of sp³-hybridized carbons (Fsp3) is 0.103. The minimum Gasteiger partial charge on any atom is -0.497 e. The van der Waals surface area contributed by atoms with Gasteiger partial charge in [-0.2, -0.15) is 0 Å². The molecule has 0 unspecified atom stereocenters. The van der Waals surface area contributed by atoms with E-state index in [9.17, 15) is 14.7 Å². The lowest BCUT2D eigenvalue weighted by atomic mass is 9.88. The van der Waals surface area contributed by atoms with Gasteiger partial charge in [-0.1, -0.05) is 66.7 Å². The maximum atomic E-state index is 13.2. The minimum absolute atomic E-state index is 0.00963. The largest absolute Gasteiger partial charge is 0.497 e. The molecule has 3 amide bonds. The van der Waals surface area contributed by atoms with Crippen LogP contribution in [0.15, 0.2) is 91.1 Å². The first kappa shape index (κ1) is 21.7. The molecule has 0 aliphatic carbocycles. The molecule has 0 bridgehead atoms. The van der Waals surface area contributed by atoms with Crippen LogP contribution in [0.5, 0.6) is 11.6 Å². The summed E-state index contributed by atoms with van der Waals surface area (Å²) in [5.41, 5.74) is 1.31. The number of amides is 3. The number of imide groups is 1. The third-order valence-electron chi connectivity index (χ3n) is 6.90. The Hall–Kier alpha value is -4.78. The molecule has 1 aliphatic heterocycles. The third-order valence-corrected chi connectivity index (χ3v) is 6.90. The Kier molecular flexibility index (Phi) is 4.93. The third kappa shape index (κ3) is 3.36. The number of fused-ring (bicyclic) bond motifs is 2. The van der Waals surface area contributed by atoms with E-state index in [4.69, 9.17) is 4.74 Å². The molecule has 1 aliphatic rings. The Balaban J connectivity index is 1.42. The number of aromatic hydroxyl groups is 1. The van der Waals surface area contributed by atoms with Gasteiger partial charge in [0.15, 0.2) is 11.4 Å². The smallest absolute Gasteiger partial charge is 0.322 e. The van der Waals surface area contributed by atoms with Crippen LogP contribution in [0, 0.1) is 0 Å². The zero-order valence-corrected chi connectivity index (χ0v) is 19.5. The minimum atomic E-state index is -1.38. The van der Waals surface area contributed by atoms with Gasteiger partial charge in [0.25, 0.3) is 5.91 Å². The second-order valence-corrected chi connectivity index (χ2v) is 8.95. The van der Waals surface area contributed by atoms with Gasteiger partial charge in [0.1, 0.15) is 5.75 Å². The van der Waals surface area contributed by atoms with Gasteiger partial charge in [0.05, 0.1) is 13.7 Å². The number of benzene rings is 4. The van der Waals surface area contributed by atoms with Crippen molar-refractivity contribution in [2.24, 2.45) is 0 Å². The number of rotatable bonds is 5. The standard InChI is InChI=1S/C29H23N3O4/c1-36-22-14-11-20-16-32(26(33)25(20)15-22)17-29(27(34)30-28(35)31-29)21-12-9-19(10-13-21)24-8-4-6-18-5-2-3-7-23(18)24/h2-16,33H,17H2,1H3,(H2,30,31,34,35)/t29-/m0/s1. The highest BCUT2D eigenvalue weighted by Crippen LogP contribution is 2.36. The van der Waals surface area contributed by atoms with Crippen molar-refractivity contribution in [2.45, 2.75) is 12.1 Å². The fourth-order valence-electron chi connectivity index (χ4n) is 5.04. The summed E-state index contributed by atoms with van der Waals surface area (Å²) in [4.78, 5) is 25.4.